The summed E-state index contributed by atoms with van der Waals surface area (Å²) in [6, 6.07) is 3.57. The number of pyridine rings is 1. The number of carbonyl (C=O) groups excluding carboxylic acids is 2. The molecule has 1 aromatic heterocycles. The van der Waals surface area contributed by atoms with E-state index in [4.69, 9.17) is 50.0 Å². The van der Waals surface area contributed by atoms with Gasteiger partial charge in [-0.25, -0.2) is 9.78 Å². The van der Waals surface area contributed by atoms with Crippen molar-refractivity contribution in [3.63, 3.8) is 0 Å². The molecule has 0 aliphatic carbocycles. The van der Waals surface area contributed by atoms with E-state index < -0.39 is 29.1 Å². The molecular formula is C15H11Cl3N4O6. The van der Waals surface area contributed by atoms with Gasteiger partial charge in [0.1, 0.15) is 10.8 Å². The van der Waals surface area contributed by atoms with Gasteiger partial charge in [-0.15, -0.1) is 0 Å². The number of ether oxygens (including phenoxy) is 2. The number of nitrogens with zero attached hydrogens (tertiary/aromatic N) is 2. The molecule has 0 fully saturated rings. The van der Waals surface area contributed by atoms with Gasteiger partial charge in [0.05, 0.1) is 34.5 Å². The normalized spacial score (nSPS) is 10.3. The minimum Gasteiger partial charge on any atom is -0.494 e. The molecular weight excluding hydrogens is 439 g/mol. The molecule has 1 heterocycles. The van der Waals surface area contributed by atoms with Crippen molar-refractivity contribution < 1.29 is 24.0 Å². The molecule has 0 bridgehead atoms. The van der Waals surface area contributed by atoms with E-state index in [2.05, 4.69) is 10.3 Å². The first-order valence-electron chi connectivity index (χ1n) is 7.25. The van der Waals surface area contributed by atoms with Crippen molar-refractivity contribution in [3.8, 4) is 5.75 Å². The molecule has 13 heteroatoms. The van der Waals surface area contributed by atoms with Crippen molar-refractivity contribution in [2.45, 2.75) is 0 Å². The van der Waals surface area contributed by atoms with Crippen LogP contribution < -0.4 is 15.8 Å². The number of nitrogens with two attached hydrogens (primary N) is 1. The van der Waals surface area contributed by atoms with E-state index in [1.807, 2.05) is 0 Å². The number of aromatic nitrogens is 1. The number of esters is 1. The van der Waals surface area contributed by atoms with Crippen LogP contribution in [-0.4, -0.2) is 35.5 Å². The zero-order valence-corrected chi connectivity index (χ0v) is 16.3. The number of carbonyl (C=O) groups is 2. The van der Waals surface area contributed by atoms with Crippen LogP contribution in [0.5, 0.6) is 5.75 Å². The minimum absolute atomic E-state index is 0.0517. The molecule has 1 aromatic carbocycles. The van der Waals surface area contributed by atoms with E-state index in [0.29, 0.717) is 0 Å². The fourth-order valence-electron chi connectivity index (χ4n) is 1.95. The lowest BCUT2D eigenvalue weighted by atomic mass is 10.2. The smallest absolute Gasteiger partial charge is 0.359 e. The second-order valence-corrected chi connectivity index (χ2v) is 6.17. The van der Waals surface area contributed by atoms with Crippen LogP contribution in [0.3, 0.4) is 0 Å². The van der Waals surface area contributed by atoms with Gasteiger partial charge in [-0.2, -0.15) is 0 Å². The van der Waals surface area contributed by atoms with Gasteiger partial charge < -0.3 is 20.5 Å². The van der Waals surface area contributed by atoms with Crippen molar-refractivity contribution in [2.24, 2.45) is 0 Å². The van der Waals surface area contributed by atoms with Gasteiger partial charge in [0.2, 0.25) is 0 Å². The highest BCUT2D eigenvalue weighted by Crippen LogP contribution is 2.34. The third kappa shape index (κ3) is 4.71. The Balaban J connectivity index is 2.07. The van der Waals surface area contributed by atoms with Gasteiger partial charge in [-0.1, -0.05) is 34.8 Å². The summed E-state index contributed by atoms with van der Waals surface area (Å²) in [6.45, 7) is -0.711. The Morgan fingerprint density at radius 2 is 1.96 bits per heavy atom. The maximum Gasteiger partial charge on any atom is 0.359 e. The highest BCUT2D eigenvalue weighted by molar-refractivity contribution is 6.46. The number of rotatable bonds is 6. The molecule has 3 N–H and O–H groups in total. The summed E-state index contributed by atoms with van der Waals surface area (Å²) in [7, 11) is 1.27. The van der Waals surface area contributed by atoms with Crippen LogP contribution in [0.4, 0.5) is 17.1 Å². The second-order valence-electron chi connectivity index (χ2n) is 5.06. The van der Waals surface area contributed by atoms with Crippen molar-refractivity contribution in [3.05, 3.63) is 49.2 Å². The second kappa shape index (κ2) is 8.91. The number of nitrogen functional groups attached to an aromatic ring is 1. The molecule has 1 amide bonds. The topological polar surface area (TPSA) is 147 Å². The van der Waals surface area contributed by atoms with Gasteiger partial charge in [0.15, 0.2) is 17.5 Å². The number of amides is 1. The maximum absolute atomic E-state index is 12.1. The Labute approximate surface area is 172 Å². The lowest BCUT2D eigenvalue weighted by molar-refractivity contribution is -0.384. The van der Waals surface area contributed by atoms with Crippen LogP contribution in [0.2, 0.25) is 15.2 Å². The highest BCUT2D eigenvalue weighted by atomic mass is 35.5. The zero-order chi connectivity index (χ0) is 21.0. The summed E-state index contributed by atoms with van der Waals surface area (Å²) in [5, 5.41) is 12.5. The SMILES string of the molecule is COc1cc([N+](=O)[O-])ccc1NC(=O)COC(=O)c1nc(Cl)c(Cl)c(N)c1Cl. The van der Waals surface area contributed by atoms with Crippen molar-refractivity contribution in [2.75, 3.05) is 24.8 Å². The number of nitro groups is 1. The average molecular weight is 450 g/mol. The maximum atomic E-state index is 12.1. The van der Waals surface area contributed by atoms with E-state index in [0.717, 1.165) is 6.07 Å². The zero-order valence-electron chi connectivity index (χ0n) is 14.0. The molecule has 148 valence electrons. The summed E-state index contributed by atoms with van der Waals surface area (Å²) >= 11 is 17.4. The molecule has 0 atom stereocenters. The predicted octanol–water partition coefficient (Wildman–Crippen LogP) is 3.34. The lowest BCUT2D eigenvalue weighted by Crippen LogP contribution is -2.22. The van der Waals surface area contributed by atoms with E-state index in [9.17, 15) is 19.7 Å². The number of hydrogen-bond acceptors (Lipinski definition) is 8. The minimum atomic E-state index is -1.05. The Bertz CT molecular complexity index is 969. The monoisotopic (exact) mass is 448 g/mol. The molecule has 0 aliphatic heterocycles. The lowest BCUT2D eigenvalue weighted by Gasteiger charge is -2.11. The largest absolute Gasteiger partial charge is 0.494 e. The fourth-order valence-corrected chi connectivity index (χ4v) is 2.53. The molecule has 0 saturated heterocycles. The molecule has 2 aromatic rings. The predicted molar refractivity (Wildman–Crippen MR) is 102 cm³/mol. The molecule has 0 radical (unpaired) electrons. The first-order valence-corrected chi connectivity index (χ1v) is 8.38. The molecule has 0 spiro atoms. The van der Waals surface area contributed by atoms with Crippen LogP contribution in [0.15, 0.2) is 18.2 Å². The molecule has 2 rings (SSSR count). The third-order valence-electron chi connectivity index (χ3n) is 3.27. The number of halogens is 3. The molecule has 0 saturated carbocycles. The Hall–Kier alpha value is -2.82. The summed E-state index contributed by atoms with van der Waals surface area (Å²) < 4.78 is 9.81. The van der Waals surface area contributed by atoms with Crippen molar-refractivity contribution in [1.29, 1.82) is 0 Å². The molecule has 0 unspecified atom stereocenters. The number of benzene rings is 1. The van der Waals surface area contributed by atoms with Crippen molar-refractivity contribution in [1.82, 2.24) is 4.98 Å². The summed E-state index contributed by atoms with van der Waals surface area (Å²) in [6.07, 6.45) is 0. The quantitative estimate of drug-likeness (QED) is 0.295. The van der Waals surface area contributed by atoms with Gasteiger partial charge in [0, 0.05) is 6.07 Å². The highest BCUT2D eigenvalue weighted by Gasteiger charge is 2.22. The molecule has 10 nitrogen and oxygen atoms in total. The standard InChI is InChI=1S/C15H11Cl3N4O6/c1-27-8-4-6(22(25)26)2-3-7(8)20-9(23)5-28-15(24)13-10(16)12(19)11(17)14(18)21-13/h2-4H,5H2,1H3,(H2,19,21)(H,20,23). The number of anilines is 2. The number of nitrogens with one attached hydrogen (secondary N) is 1. The van der Waals surface area contributed by atoms with Crippen LogP contribution in [0, 0.1) is 10.1 Å². The number of hydrogen-bond donors (Lipinski definition) is 2. The molecule has 28 heavy (non-hydrogen) atoms. The fraction of sp³-hybridized carbons (Fsp3) is 0.133. The van der Waals surface area contributed by atoms with E-state index in [-0.39, 0.29) is 38.0 Å². The van der Waals surface area contributed by atoms with Gasteiger partial charge in [0.25, 0.3) is 11.6 Å². The summed E-state index contributed by atoms with van der Waals surface area (Å²) in [5.41, 5.74) is 4.96. The van der Waals surface area contributed by atoms with Gasteiger partial charge >= 0.3 is 5.97 Å². The third-order valence-corrected chi connectivity index (χ3v) is 4.41. The van der Waals surface area contributed by atoms with E-state index in [1.54, 1.807) is 0 Å². The Kier molecular flexibility index (Phi) is 6.84. The first kappa shape index (κ1) is 21.5. The van der Waals surface area contributed by atoms with Crippen LogP contribution >= 0.6 is 34.8 Å². The van der Waals surface area contributed by atoms with Crippen LogP contribution in [-0.2, 0) is 9.53 Å². The van der Waals surface area contributed by atoms with E-state index >= 15 is 0 Å². The van der Waals surface area contributed by atoms with Crippen LogP contribution in [0.25, 0.3) is 0 Å². The Morgan fingerprint density at radius 1 is 1.29 bits per heavy atom. The van der Waals surface area contributed by atoms with Crippen molar-refractivity contribution >= 4 is 63.7 Å². The number of methoxy groups -OCH3 is 1. The number of non-ortho nitro benzene ring substituents is 1. The number of nitro benzene ring substituents is 1. The van der Waals surface area contributed by atoms with Crippen LogP contribution in [0.1, 0.15) is 10.5 Å². The molecule has 0 aliphatic rings. The summed E-state index contributed by atoms with van der Waals surface area (Å²) in [5.74, 6) is -1.75. The Morgan fingerprint density at radius 3 is 2.57 bits per heavy atom. The van der Waals surface area contributed by atoms with Gasteiger partial charge in [-0.05, 0) is 6.07 Å². The average Bonchev–Trinajstić information content (AvgIpc) is 2.67. The first-order chi connectivity index (χ1) is 13.1. The summed E-state index contributed by atoms with van der Waals surface area (Å²) in [4.78, 5) is 37.9. The van der Waals surface area contributed by atoms with E-state index in [1.165, 1.54) is 19.2 Å². The van der Waals surface area contributed by atoms with Gasteiger partial charge in [-0.3, -0.25) is 14.9 Å².